The van der Waals surface area contributed by atoms with Crippen molar-refractivity contribution in [3.05, 3.63) is 25.3 Å². The van der Waals surface area contributed by atoms with Gasteiger partial charge in [0.25, 0.3) is 0 Å². The average molecular weight is 387 g/mol. The van der Waals surface area contributed by atoms with Crippen molar-refractivity contribution in [1.82, 2.24) is 0 Å². The van der Waals surface area contributed by atoms with Crippen LogP contribution in [0.5, 0.6) is 0 Å². The molecule has 0 fully saturated rings. The molecule has 0 aliphatic heterocycles. The van der Waals surface area contributed by atoms with Crippen molar-refractivity contribution in [2.24, 2.45) is 0 Å². The van der Waals surface area contributed by atoms with Gasteiger partial charge < -0.3 is 37.6 Å². The third-order valence-corrected chi connectivity index (χ3v) is 1.80. The maximum atomic E-state index is 9.62. The molecule has 0 aliphatic rings. The van der Waals surface area contributed by atoms with E-state index >= 15 is 0 Å². The van der Waals surface area contributed by atoms with E-state index in [0.717, 1.165) is 0 Å². The molecule has 0 aromatic carbocycles. The monoisotopic (exact) mass is 386 g/mol. The van der Waals surface area contributed by atoms with E-state index in [1.165, 1.54) is 12.2 Å². The maximum absolute atomic E-state index is 9.62. The molecule has 0 aromatic rings. The van der Waals surface area contributed by atoms with Gasteiger partial charge in [0.15, 0.2) is 0 Å². The number of hydrogen-bond acceptors (Lipinski definition) is 8. The van der Waals surface area contributed by atoms with Crippen LogP contribution < -0.4 is 28.8 Å². The van der Waals surface area contributed by atoms with E-state index in [9.17, 15) is 28.8 Å². The molecule has 0 unspecified atom stereocenters. The van der Waals surface area contributed by atoms with Gasteiger partial charge in [0.2, 0.25) is 0 Å². The first kappa shape index (κ1) is 33.9. The Labute approximate surface area is 203 Å². The van der Waals surface area contributed by atoms with Gasteiger partial charge in [0.05, 0.1) is 0 Å². The van der Waals surface area contributed by atoms with Crippen LogP contribution in [0.3, 0.4) is 0 Å². The molecule has 0 heterocycles. The summed E-state index contributed by atoms with van der Waals surface area (Å²) < 4.78 is 7.47. The van der Waals surface area contributed by atoms with E-state index in [1.54, 1.807) is 0 Å². The Hall–Kier alpha value is 3.37. The van der Waals surface area contributed by atoms with Gasteiger partial charge in [0.1, 0.15) is 0 Å². The van der Waals surface area contributed by atoms with Crippen LogP contribution in [-0.2, 0) is 8.85 Å². The van der Waals surface area contributed by atoms with Crippen molar-refractivity contribution in [3.8, 4) is 0 Å². The molecule has 0 rings (SSSR count). The molecule has 0 saturated carbocycles. The topological polar surface area (TPSA) is 157 Å². The molecule has 0 bridgehead atoms. The third-order valence-electron chi connectivity index (χ3n) is 0.756. The molecule has 0 saturated heterocycles. The minimum Gasteiger partial charge on any atom is -0.861 e. The Morgan fingerprint density at radius 2 is 0.895 bits per heavy atom. The van der Waals surface area contributed by atoms with E-state index in [-0.39, 0.29) is 126 Å². The van der Waals surface area contributed by atoms with Crippen molar-refractivity contribution >= 4 is 131 Å². The first-order valence-electron chi connectivity index (χ1n) is 3.84. The van der Waals surface area contributed by atoms with Gasteiger partial charge in [-0.15, -0.1) is 31.3 Å². The van der Waals surface area contributed by atoms with E-state index in [0.29, 0.717) is 0 Å². The summed E-state index contributed by atoms with van der Waals surface area (Å²) in [7, 11) is -10.00. The van der Waals surface area contributed by atoms with Crippen molar-refractivity contribution in [1.29, 1.82) is 0 Å². The molecule has 0 spiro atoms. The fourth-order valence-electron chi connectivity index (χ4n) is 0.322. The van der Waals surface area contributed by atoms with Crippen LogP contribution in [0.15, 0.2) is 25.3 Å². The van der Waals surface area contributed by atoms with E-state index in [2.05, 4.69) is 22.0 Å². The van der Waals surface area contributed by atoms with Gasteiger partial charge >= 0.3 is 113 Å². The maximum Gasteiger partial charge on any atom is 2.00 e. The summed E-state index contributed by atoms with van der Waals surface area (Å²) in [6.45, 7) is 5.82. The van der Waals surface area contributed by atoms with Crippen LogP contribution in [0.1, 0.15) is 0 Å². The second kappa shape index (κ2) is 19.4. The molecule has 0 aromatic heterocycles. The van der Waals surface area contributed by atoms with Crippen LogP contribution in [-0.4, -0.2) is 145 Å². The Morgan fingerprint density at radius 3 is 0.947 bits per heavy atom. The SMILES string of the molecule is C=CCO[Si]([O-])([O-])[O-].C=CCO[Si]([O-])([O-])[O-].[Ca+2].[Ca+2].[Ca+2]. The summed E-state index contributed by atoms with van der Waals surface area (Å²) in [6, 6.07) is 0. The first-order chi connectivity index (χ1) is 7.12. The summed E-state index contributed by atoms with van der Waals surface area (Å²) in [5.41, 5.74) is 0. The molecule has 0 radical (unpaired) electrons. The Kier molecular flexibility index (Phi) is 34.6. The first-order valence-corrected chi connectivity index (χ1v) is 7.11. The van der Waals surface area contributed by atoms with Gasteiger partial charge in [0, 0.05) is 13.2 Å². The Bertz CT molecular complexity index is 186. The standard InChI is InChI=1S/2C3H5O4Si.3Ca/c2*1-2-3-7-8(4,5)6;;;/h2*2H,1,3H2;;;/q2*-3;3*+2. The van der Waals surface area contributed by atoms with E-state index in [4.69, 9.17) is 0 Å². The largest absolute Gasteiger partial charge is 2.00 e. The number of rotatable bonds is 6. The predicted octanol–water partition coefficient (Wildman–Crippen LogP) is -7.73. The van der Waals surface area contributed by atoms with Crippen LogP contribution in [0.25, 0.3) is 0 Å². The van der Waals surface area contributed by atoms with Crippen LogP contribution in [0.4, 0.5) is 0 Å². The molecular formula is C6H10Ca3O8Si2. The smallest absolute Gasteiger partial charge is 0.861 e. The second-order valence-corrected chi connectivity index (χ2v) is 4.78. The zero-order chi connectivity index (χ0) is 13.2. The zero-order valence-corrected chi connectivity index (χ0v) is 19.0. The molecule has 8 nitrogen and oxygen atoms in total. The second-order valence-electron chi connectivity index (χ2n) is 2.20. The summed E-state index contributed by atoms with van der Waals surface area (Å²) in [5, 5.41) is 0. The van der Waals surface area contributed by atoms with Crippen LogP contribution in [0, 0.1) is 0 Å². The molecule has 96 valence electrons. The fourth-order valence-corrected chi connectivity index (χ4v) is 0.966. The van der Waals surface area contributed by atoms with Crippen molar-refractivity contribution in [2.45, 2.75) is 0 Å². The third kappa shape index (κ3) is 44.9. The Morgan fingerprint density at radius 1 is 0.684 bits per heavy atom. The van der Waals surface area contributed by atoms with E-state index < -0.39 is 18.1 Å². The quantitative estimate of drug-likeness (QED) is 0.322. The van der Waals surface area contributed by atoms with Gasteiger partial charge in [-0.1, -0.05) is 12.2 Å². The predicted molar refractivity (Wildman–Crippen MR) is 61.1 cm³/mol. The summed E-state index contributed by atoms with van der Waals surface area (Å²) in [4.78, 5) is 57.7. The molecular weight excluding hydrogens is 376 g/mol. The summed E-state index contributed by atoms with van der Waals surface area (Å²) in [5.74, 6) is 0. The summed E-state index contributed by atoms with van der Waals surface area (Å²) >= 11 is 0. The minimum atomic E-state index is -5.00. The molecule has 0 amide bonds. The molecule has 0 aliphatic carbocycles. The zero-order valence-electron chi connectivity index (χ0n) is 10.4. The van der Waals surface area contributed by atoms with Gasteiger partial charge in [-0.05, 0) is 0 Å². The normalized spacial score (nSPS) is 9.58. The summed E-state index contributed by atoms with van der Waals surface area (Å²) in [6.07, 6.45) is 2.38. The van der Waals surface area contributed by atoms with Gasteiger partial charge in [-0.3, -0.25) is 0 Å². The van der Waals surface area contributed by atoms with Crippen LogP contribution in [0.2, 0.25) is 0 Å². The average Bonchev–Trinajstić information content (AvgIpc) is 2.10. The molecule has 19 heavy (non-hydrogen) atoms. The Balaban J connectivity index is -0.0000000594. The van der Waals surface area contributed by atoms with E-state index in [1.807, 2.05) is 0 Å². The molecule has 0 atom stereocenters. The minimum absolute atomic E-state index is 0. The molecule has 13 heteroatoms. The number of hydrogen-bond donors (Lipinski definition) is 0. The fraction of sp³-hybridized carbons (Fsp3) is 0.333. The molecule has 0 N–H and O–H groups in total. The van der Waals surface area contributed by atoms with Crippen molar-refractivity contribution in [3.63, 3.8) is 0 Å². The van der Waals surface area contributed by atoms with Crippen LogP contribution >= 0.6 is 0 Å². The van der Waals surface area contributed by atoms with Gasteiger partial charge in [-0.25, -0.2) is 0 Å². The van der Waals surface area contributed by atoms with Crippen molar-refractivity contribution in [2.75, 3.05) is 13.2 Å². The van der Waals surface area contributed by atoms with Crippen molar-refractivity contribution < 1.29 is 37.6 Å². The van der Waals surface area contributed by atoms with Gasteiger partial charge in [-0.2, -0.15) is 0 Å².